The first-order valence-electron chi connectivity index (χ1n) is 6.47. The van der Waals surface area contributed by atoms with Gasteiger partial charge in [-0.05, 0) is 29.9 Å². The molecule has 1 aliphatic rings. The van der Waals surface area contributed by atoms with Crippen molar-refractivity contribution in [1.29, 1.82) is 0 Å². The van der Waals surface area contributed by atoms with Crippen LogP contribution in [0.25, 0.3) is 0 Å². The van der Waals surface area contributed by atoms with Crippen molar-refractivity contribution in [2.45, 2.75) is 18.4 Å². The first kappa shape index (κ1) is 12.7. The van der Waals surface area contributed by atoms with E-state index in [4.69, 9.17) is 10.6 Å². The van der Waals surface area contributed by atoms with Gasteiger partial charge in [0.25, 0.3) is 0 Å². The van der Waals surface area contributed by atoms with E-state index in [2.05, 4.69) is 41.8 Å². The number of nitrogens with two attached hydrogens (primary N) is 1. The molecule has 3 rings (SSSR count). The second-order valence-electron chi connectivity index (χ2n) is 4.95. The SMILES string of the molecule is COc1csc(C(NN)C2CC2c2ccccc2)c1. The third kappa shape index (κ3) is 2.52. The van der Waals surface area contributed by atoms with Gasteiger partial charge in [-0.3, -0.25) is 11.3 Å². The predicted octanol–water partition coefficient (Wildman–Crippen LogP) is 3.06. The average molecular weight is 274 g/mol. The molecule has 0 aliphatic heterocycles. The highest BCUT2D eigenvalue weighted by Gasteiger charge is 2.44. The smallest absolute Gasteiger partial charge is 0.129 e. The summed E-state index contributed by atoms with van der Waals surface area (Å²) in [5.74, 6) is 7.87. The number of rotatable bonds is 5. The third-order valence-corrected chi connectivity index (χ3v) is 4.81. The van der Waals surface area contributed by atoms with Gasteiger partial charge >= 0.3 is 0 Å². The highest BCUT2D eigenvalue weighted by Crippen LogP contribution is 2.54. The number of hydrogen-bond donors (Lipinski definition) is 2. The molecule has 0 bridgehead atoms. The van der Waals surface area contributed by atoms with Gasteiger partial charge in [-0.15, -0.1) is 11.3 Å². The molecule has 0 amide bonds. The lowest BCUT2D eigenvalue weighted by Crippen LogP contribution is -2.29. The zero-order valence-electron chi connectivity index (χ0n) is 10.9. The second-order valence-corrected chi connectivity index (χ2v) is 5.89. The minimum atomic E-state index is 0.221. The Morgan fingerprint density at radius 2 is 2.16 bits per heavy atom. The van der Waals surface area contributed by atoms with Crippen LogP contribution in [-0.4, -0.2) is 7.11 Å². The van der Waals surface area contributed by atoms with E-state index in [1.54, 1.807) is 18.4 Å². The summed E-state index contributed by atoms with van der Waals surface area (Å²) in [6.45, 7) is 0. The lowest BCUT2D eigenvalue weighted by Gasteiger charge is -2.14. The van der Waals surface area contributed by atoms with Crippen molar-refractivity contribution in [2.75, 3.05) is 7.11 Å². The summed E-state index contributed by atoms with van der Waals surface area (Å²) < 4.78 is 5.24. The van der Waals surface area contributed by atoms with Crippen LogP contribution < -0.4 is 16.0 Å². The second kappa shape index (κ2) is 5.33. The maximum Gasteiger partial charge on any atom is 0.129 e. The molecule has 1 heterocycles. The van der Waals surface area contributed by atoms with Gasteiger partial charge in [-0.25, -0.2) is 0 Å². The van der Waals surface area contributed by atoms with Crippen LogP contribution in [0.1, 0.15) is 28.8 Å². The Hall–Kier alpha value is -1.36. The van der Waals surface area contributed by atoms with Crippen LogP contribution in [0.3, 0.4) is 0 Å². The van der Waals surface area contributed by atoms with Gasteiger partial charge in [-0.2, -0.15) is 0 Å². The van der Waals surface area contributed by atoms with E-state index in [1.165, 1.54) is 16.9 Å². The van der Waals surface area contributed by atoms with Crippen molar-refractivity contribution in [1.82, 2.24) is 5.43 Å². The van der Waals surface area contributed by atoms with E-state index < -0.39 is 0 Å². The van der Waals surface area contributed by atoms with Crippen LogP contribution in [0.15, 0.2) is 41.8 Å². The Kier molecular flexibility index (Phi) is 3.55. The quantitative estimate of drug-likeness (QED) is 0.650. The molecule has 19 heavy (non-hydrogen) atoms. The third-order valence-electron chi connectivity index (χ3n) is 3.81. The molecule has 3 unspecified atom stereocenters. The van der Waals surface area contributed by atoms with E-state index in [1.807, 2.05) is 5.38 Å². The molecule has 1 fully saturated rings. The van der Waals surface area contributed by atoms with Gasteiger partial charge in [0, 0.05) is 10.3 Å². The molecule has 3 atom stereocenters. The molecule has 1 saturated carbocycles. The molecule has 1 aromatic heterocycles. The number of hydrazine groups is 1. The van der Waals surface area contributed by atoms with Crippen molar-refractivity contribution in [3.63, 3.8) is 0 Å². The maximum absolute atomic E-state index is 5.75. The summed E-state index contributed by atoms with van der Waals surface area (Å²) in [4.78, 5) is 1.25. The van der Waals surface area contributed by atoms with E-state index in [-0.39, 0.29) is 6.04 Å². The molecule has 3 nitrogen and oxygen atoms in total. The number of nitrogens with one attached hydrogen (secondary N) is 1. The molecular formula is C15H18N2OS. The highest BCUT2D eigenvalue weighted by molar-refractivity contribution is 7.10. The molecule has 0 spiro atoms. The van der Waals surface area contributed by atoms with E-state index >= 15 is 0 Å². The zero-order valence-corrected chi connectivity index (χ0v) is 11.7. The Labute approximate surface area is 117 Å². The van der Waals surface area contributed by atoms with Crippen LogP contribution >= 0.6 is 11.3 Å². The Balaban J connectivity index is 1.75. The fraction of sp³-hybridized carbons (Fsp3) is 0.333. The normalized spacial score (nSPS) is 23.1. The monoisotopic (exact) mass is 274 g/mol. The topological polar surface area (TPSA) is 47.3 Å². The molecule has 3 N–H and O–H groups in total. The molecule has 100 valence electrons. The van der Waals surface area contributed by atoms with Crippen molar-refractivity contribution < 1.29 is 4.74 Å². The minimum Gasteiger partial charge on any atom is -0.496 e. The van der Waals surface area contributed by atoms with Crippen LogP contribution in [-0.2, 0) is 0 Å². The lowest BCUT2D eigenvalue weighted by molar-refractivity contribution is 0.415. The van der Waals surface area contributed by atoms with Gasteiger partial charge in [0.05, 0.1) is 13.2 Å². The first-order valence-corrected chi connectivity index (χ1v) is 7.35. The number of ether oxygens (including phenoxy) is 1. The van der Waals surface area contributed by atoms with Crippen LogP contribution in [0.2, 0.25) is 0 Å². The molecule has 1 aliphatic carbocycles. The summed E-state index contributed by atoms with van der Waals surface area (Å²) in [6.07, 6.45) is 1.19. The summed E-state index contributed by atoms with van der Waals surface area (Å²) >= 11 is 1.70. The summed E-state index contributed by atoms with van der Waals surface area (Å²) in [6, 6.07) is 13.0. The van der Waals surface area contributed by atoms with Gasteiger partial charge in [-0.1, -0.05) is 30.3 Å². The molecule has 1 aromatic carbocycles. The number of methoxy groups -OCH3 is 1. The average Bonchev–Trinajstić information content (AvgIpc) is 3.10. The van der Waals surface area contributed by atoms with Crippen LogP contribution in [0.4, 0.5) is 0 Å². The molecule has 4 heteroatoms. The summed E-state index contributed by atoms with van der Waals surface area (Å²) in [5, 5.41) is 2.03. The molecule has 0 radical (unpaired) electrons. The van der Waals surface area contributed by atoms with Crippen LogP contribution in [0, 0.1) is 5.92 Å². The molecule has 2 aromatic rings. The minimum absolute atomic E-state index is 0.221. The fourth-order valence-corrected chi connectivity index (χ4v) is 3.68. The largest absolute Gasteiger partial charge is 0.496 e. The Bertz CT molecular complexity index is 540. The number of thiophene rings is 1. The predicted molar refractivity (Wildman–Crippen MR) is 78.2 cm³/mol. The lowest BCUT2D eigenvalue weighted by atomic mass is 10.0. The van der Waals surface area contributed by atoms with Gasteiger partial charge in [0.15, 0.2) is 0 Å². The van der Waals surface area contributed by atoms with Gasteiger partial charge in [0.2, 0.25) is 0 Å². The van der Waals surface area contributed by atoms with E-state index in [9.17, 15) is 0 Å². The van der Waals surface area contributed by atoms with Crippen molar-refractivity contribution in [3.8, 4) is 5.75 Å². The van der Waals surface area contributed by atoms with Crippen molar-refractivity contribution in [3.05, 3.63) is 52.2 Å². The highest BCUT2D eigenvalue weighted by atomic mass is 32.1. The fourth-order valence-electron chi connectivity index (χ4n) is 2.69. The van der Waals surface area contributed by atoms with E-state index in [0.29, 0.717) is 11.8 Å². The number of benzene rings is 1. The Morgan fingerprint density at radius 3 is 2.79 bits per heavy atom. The van der Waals surface area contributed by atoms with Crippen LogP contribution in [0.5, 0.6) is 5.75 Å². The van der Waals surface area contributed by atoms with Crippen molar-refractivity contribution >= 4 is 11.3 Å². The first-order chi connectivity index (χ1) is 9.33. The van der Waals surface area contributed by atoms with E-state index in [0.717, 1.165) is 5.75 Å². The van der Waals surface area contributed by atoms with Gasteiger partial charge < -0.3 is 4.74 Å². The summed E-state index contributed by atoms with van der Waals surface area (Å²) in [5.41, 5.74) is 4.39. The number of hydrogen-bond acceptors (Lipinski definition) is 4. The molecule has 0 saturated heterocycles. The maximum atomic E-state index is 5.75. The zero-order chi connectivity index (χ0) is 13.2. The van der Waals surface area contributed by atoms with Gasteiger partial charge in [0.1, 0.15) is 5.75 Å². The standard InChI is InChI=1S/C15H18N2OS/c1-18-11-7-14(19-9-11)15(17-16)13-8-12(13)10-5-3-2-4-6-10/h2-7,9,12-13,15,17H,8,16H2,1H3. The van der Waals surface area contributed by atoms with Crippen molar-refractivity contribution in [2.24, 2.45) is 11.8 Å². The summed E-state index contributed by atoms with van der Waals surface area (Å²) in [7, 11) is 1.70. The Morgan fingerprint density at radius 1 is 1.37 bits per heavy atom. The molecular weight excluding hydrogens is 256 g/mol.